The van der Waals surface area contributed by atoms with Crippen LogP contribution in [0.5, 0.6) is 0 Å². The highest BCUT2D eigenvalue weighted by atomic mass is 16.3. The first-order valence-electron chi connectivity index (χ1n) is 19.8. The molecule has 1 atom stereocenters. The Hall–Kier alpha value is -6.84. The van der Waals surface area contributed by atoms with E-state index in [2.05, 4.69) is 198 Å². The molecule has 3 nitrogen and oxygen atoms in total. The number of benzene rings is 8. The van der Waals surface area contributed by atoms with E-state index in [1.165, 1.54) is 50.4 Å². The molecule has 0 saturated carbocycles. The van der Waals surface area contributed by atoms with Gasteiger partial charge in [0.1, 0.15) is 11.2 Å². The second-order valence-corrected chi connectivity index (χ2v) is 15.3. The molecular weight excluding hydrogens is 681 g/mol. The lowest BCUT2D eigenvalue weighted by Gasteiger charge is -2.32. The minimum Gasteiger partial charge on any atom is -0.456 e. The van der Waals surface area contributed by atoms with Crippen molar-refractivity contribution in [2.45, 2.75) is 31.1 Å². The fourth-order valence-electron chi connectivity index (χ4n) is 9.65. The van der Waals surface area contributed by atoms with Gasteiger partial charge in [-0.3, -0.25) is 0 Å². The lowest BCUT2D eigenvalue weighted by molar-refractivity contribution is 0.507. The highest BCUT2D eigenvalue weighted by Crippen LogP contribution is 2.55. The van der Waals surface area contributed by atoms with Crippen molar-refractivity contribution in [2.24, 2.45) is 0 Å². The van der Waals surface area contributed by atoms with Gasteiger partial charge in [0.2, 0.25) is 0 Å². The monoisotopic (exact) mass is 720 g/mol. The number of nitrogens with zero attached hydrogens (tertiary/aromatic N) is 2. The van der Waals surface area contributed by atoms with Crippen molar-refractivity contribution in [3.63, 3.8) is 0 Å². The van der Waals surface area contributed by atoms with E-state index in [4.69, 9.17) is 4.42 Å². The Bertz CT molecular complexity index is 2880. The third-order valence-corrected chi connectivity index (χ3v) is 12.3. The third-order valence-electron chi connectivity index (χ3n) is 12.3. The zero-order chi connectivity index (χ0) is 37.1. The van der Waals surface area contributed by atoms with Crippen LogP contribution >= 0.6 is 0 Å². The van der Waals surface area contributed by atoms with E-state index in [0.717, 1.165) is 64.7 Å². The second kappa shape index (κ2) is 13.2. The van der Waals surface area contributed by atoms with Gasteiger partial charge in [-0.2, -0.15) is 0 Å². The van der Waals surface area contributed by atoms with Gasteiger partial charge >= 0.3 is 0 Å². The second-order valence-electron chi connectivity index (χ2n) is 15.3. The molecule has 1 heterocycles. The Kier molecular flexibility index (Phi) is 7.67. The predicted molar refractivity (Wildman–Crippen MR) is 232 cm³/mol. The smallest absolute Gasteiger partial charge is 0.135 e. The number of anilines is 6. The summed E-state index contributed by atoms with van der Waals surface area (Å²) in [5.41, 5.74) is 17.0. The molecule has 0 saturated heterocycles. The first kappa shape index (κ1) is 32.6. The number of rotatable bonds is 7. The van der Waals surface area contributed by atoms with Gasteiger partial charge in [-0.15, -0.1) is 0 Å². The molecule has 0 amide bonds. The van der Waals surface area contributed by atoms with Crippen molar-refractivity contribution in [3.05, 3.63) is 216 Å². The molecule has 0 radical (unpaired) electrons. The number of hydrogen-bond acceptors (Lipinski definition) is 3. The number of fused-ring (bicyclic) bond motifs is 7. The summed E-state index contributed by atoms with van der Waals surface area (Å²) < 4.78 is 6.25. The Morgan fingerprint density at radius 2 is 0.911 bits per heavy atom. The van der Waals surface area contributed by atoms with Crippen molar-refractivity contribution < 1.29 is 4.42 Å². The molecule has 1 aromatic heterocycles. The van der Waals surface area contributed by atoms with Crippen LogP contribution in [0, 0.1) is 0 Å². The molecular formula is C53H40N2O. The van der Waals surface area contributed by atoms with Crippen LogP contribution in [0.1, 0.15) is 35.1 Å². The van der Waals surface area contributed by atoms with E-state index in [-0.39, 0.29) is 5.41 Å². The Morgan fingerprint density at radius 1 is 0.393 bits per heavy atom. The fraction of sp³-hybridized carbons (Fsp3) is 0.0943. The van der Waals surface area contributed by atoms with Crippen LogP contribution in [0.2, 0.25) is 0 Å². The topological polar surface area (TPSA) is 19.6 Å². The molecule has 268 valence electrons. The molecule has 9 aromatic rings. The first-order valence-corrected chi connectivity index (χ1v) is 19.8. The first-order chi connectivity index (χ1) is 27.7. The largest absolute Gasteiger partial charge is 0.456 e. The molecule has 0 fully saturated rings. The van der Waals surface area contributed by atoms with Gasteiger partial charge in [-0.05, 0) is 132 Å². The molecule has 0 N–H and O–H groups in total. The van der Waals surface area contributed by atoms with Crippen molar-refractivity contribution >= 4 is 56.1 Å². The maximum absolute atomic E-state index is 6.25. The van der Waals surface area contributed by atoms with E-state index >= 15 is 0 Å². The van der Waals surface area contributed by atoms with Gasteiger partial charge in [-0.25, -0.2) is 0 Å². The molecule has 0 bridgehead atoms. The number of furan rings is 1. The lowest BCUT2D eigenvalue weighted by atomic mass is 9.76. The van der Waals surface area contributed by atoms with Gasteiger partial charge in [0, 0.05) is 50.2 Å². The number of hydrogen-bond donors (Lipinski definition) is 0. The Balaban J connectivity index is 1.05. The van der Waals surface area contributed by atoms with E-state index in [1.807, 2.05) is 6.07 Å². The molecule has 56 heavy (non-hydrogen) atoms. The van der Waals surface area contributed by atoms with Gasteiger partial charge in [0.15, 0.2) is 0 Å². The summed E-state index contributed by atoms with van der Waals surface area (Å²) in [4.78, 5) is 4.87. The summed E-state index contributed by atoms with van der Waals surface area (Å²) >= 11 is 0. The van der Waals surface area contributed by atoms with Crippen LogP contribution in [-0.4, -0.2) is 0 Å². The van der Waals surface area contributed by atoms with Crippen LogP contribution < -0.4 is 9.80 Å². The van der Waals surface area contributed by atoms with Gasteiger partial charge in [-0.1, -0.05) is 115 Å². The maximum atomic E-state index is 6.25. The standard InChI is InChI=1S/C53H40N2O/c1-4-14-37(15-5-1)45-20-10-12-22-50(45)55(41-18-8-3-9-19-41)44-27-25-39-31-33-53(49(39)36-44)32-30-38-24-26-43(35-48(38)53)54(40-16-6-2-7-17-40)42-28-29-52-47(34-42)46-21-11-13-23-51(46)56-52/h1-29,34-36H,30-33H2/t53-/m1/s1. The summed E-state index contributed by atoms with van der Waals surface area (Å²) in [6.07, 6.45) is 4.40. The van der Waals surface area contributed by atoms with Crippen LogP contribution in [-0.2, 0) is 18.3 Å². The van der Waals surface area contributed by atoms with Gasteiger partial charge in [0.25, 0.3) is 0 Å². The summed E-state index contributed by atoms with van der Waals surface area (Å²) in [6.45, 7) is 0. The molecule has 0 aliphatic heterocycles. The normalized spacial score (nSPS) is 15.6. The zero-order valence-corrected chi connectivity index (χ0v) is 31.1. The minimum atomic E-state index is -0.0505. The zero-order valence-electron chi connectivity index (χ0n) is 31.1. The molecule has 0 unspecified atom stereocenters. The van der Waals surface area contributed by atoms with Crippen LogP contribution in [0.25, 0.3) is 33.1 Å². The SMILES string of the molecule is c1ccc(-c2ccccc2N(c2ccccc2)c2ccc3c(c2)[C@]2(CCc4ccc(N(c5ccccc5)c5ccc6oc7ccccc7c6c5)cc42)CC3)cc1. The van der Waals surface area contributed by atoms with Crippen molar-refractivity contribution in [1.82, 2.24) is 0 Å². The Labute approximate surface area is 327 Å². The third kappa shape index (κ3) is 5.26. The summed E-state index contributed by atoms with van der Waals surface area (Å²) in [5.74, 6) is 0. The van der Waals surface area contributed by atoms with Crippen LogP contribution in [0.3, 0.4) is 0 Å². The average Bonchev–Trinajstić information content (AvgIpc) is 3.95. The van der Waals surface area contributed by atoms with Crippen molar-refractivity contribution in [3.8, 4) is 11.1 Å². The quantitative estimate of drug-likeness (QED) is 0.163. The minimum absolute atomic E-state index is 0.0505. The average molecular weight is 721 g/mol. The summed E-state index contributed by atoms with van der Waals surface area (Å²) in [7, 11) is 0. The Morgan fingerprint density at radius 3 is 1.61 bits per heavy atom. The molecule has 8 aromatic carbocycles. The van der Waals surface area contributed by atoms with E-state index in [1.54, 1.807) is 0 Å². The summed E-state index contributed by atoms with van der Waals surface area (Å²) in [5, 5.41) is 2.27. The fourth-order valence-corrected chi connectivity index (χ4v) is 9.65. The van der Waals surface area contributed by atoms with Gasteiger partial charge < -0.3 is 14.2 Å². The van der Waals surface area contributed by atoms with Crippen molar-refractivity contribution in [1.29, 1.82) is 0 Å². The van der Waals surface area contributed by atoms with E-state index < -0.39 is 0 Å². The highest BCUT2D eigenvalue weighted by molar-refractivity contribution is 6.06. The molecule has 2 aliphatic rings. The van der Waals surface area contributed by atoms with Crippen LogP contribution in [0.4, 0.5) is 34.1 Å². The highest BCUT2D eigenvalue weighted by Gasteiger charge is 2.45. The molecule has 1 spiro atoms. The van der Waals surface area contributed by atoms with E-state index in [0.29, 0.717) is 0 Å². The number of aryl methyl sites for hydroxylation is 2. The lowest BCUT2D eigenvalue weighted by Crippen LogP contribution is -2.22. The predicted octanol–water partition coefficient (Wildman–Crippen LogP) is 14.4. The van der Waals surface area contributed by atoms with Crippen molar-refractivity contribution in [2.75, 3.05) is 9.80 Å². The number of para-hydroxylation sites is 4. The molecule has 11 rings (SSSR count). The maximum Gasteiger partial charge on any atom is 0.135 e. The molecule has 3 heteroatoms. The molecule has 2 aliphatic carbocycles. The van der Waals surface area contributed by atoms with Gasteiger partial charge in [0.05, 0.1) is 5.69 Å². The van der Waals surface area contributed by atoms with E-state index in [9.17, 15) is 0 Å². The summed E-state index contributed by atoms with van der Waals surface area (Å²) in [6, 6.07) is 70.6. The van der Waals surface area contributed by atoms with Crippen LogP contribution in [0.15, 0.2) is 199 Å².